The number of nitrogens with zero attached hydrogens (tertiary/aromatic N) is 2. The maximum absolute atomic E-state index is 12.5. The zero-order valence-electron chi connectivity index (χ0n) is 11.5. The predicted octanol–water partition coefficient (Wildman–Crippen LogP) is 3.49. The van der Waals surface area contributed by atoms with Crippen molar-refractivity contribution in [3.8, 4) is 5.69 Å². The van der Waals surface area contributed by atoms with Crippen LogP contribution in [0.15, 0.2) is 36.5 Å². The number of carbonyl (C=O) groups excluding carboxylic acids is 1. The third-order valence-electron chi connectivity index (χ3n) is 2.80. The van der Waals surface area contributed by atoms with Gasteiger partial charge in [-0.1, -0.05) is 13.8 Å². The Bertz CT molecular complexity index is 630. The van der Waals surface area contributed by atoms with E-state index in [1.165, 1.54) is 6.20 Å². The van der Waals surface area contributed by atoms with E-state index in [1.807, 2.05) is 0 Å². The minimum Gasteiger partial charge on any atom is -0.326 e. The van der Waals surface area contributed by atoms with Crippen LogP contribution in [0, 0.1) is 5.92 Å². The molecular formula is C14H14F3N3O. The van der Waals surface area contributed by atoms with Crippen molar-refractivity contribution in [1.82, 2.24) is 9.78 Å². The lowest BCUT2D eigenvalue weighted by Crippen LogP contribution is -2.17. The number of hydrogen-bond donors (Lipinski definition) is 1. The Kier molecular flexibility index (Phi) is 4.02. The first-order valence-electron chi connectivity index (χ1n) is 6.31. The molecule has 0 saturated heterocycles. The van der Waals surface area contributed by atoms with Gasteiger partial charge in [0.05, 0.1) is 5.69 Å². The maximum Gasteiger partial charge on any atom is 0.435 e. The molecule has 4 nitrogen and oxygen atoms in total. The number of hydrogen-bond acceptors (Lipinski definition) is 2. The largest absolute Gasteiger partial charge is 0.435 e. The Labute approximate surface area is 119 Å². The summed E-state index contributed by atoms with van der Waals surface area (Å²) in [5.41, 5.74) is 0.119. The zero-order valence-corrected chi connectivity index (χ0v) is 11.5. The van der Waals surface area contributed by atoms with Gasteiger partial charge in [-0.05, 0) is 30.3 Å². The number of benzene rings is 1. The van der Waals surface area contributed by atoms with Gasteiger partial charge in [-0.15, -0.1) is 0 Å². The number of amides is 1. The fourth-order valence-electron chi connectivity index (χ4n) is 1.60. The van der Waals surface area contributed by atoms with Crippen molar-refractivity contribution in [2.75, 3.05) is 5.32 Å². The molecule has 7 heteroatoms. The second kappa shape index (κ2) is 5.59. The second-order valence-electron chi connectivity index (χ2n) is 4.83. The van der Waals surface area contributed by atoms with Crippen LogP contribution in [0.1, 0.15) is 19.5 Å². The van der Waals surface area contributed by atoms with E-state index in [-0.39, 0.29) is 11.8 Å². The molecule has 0 atom stereocenters. The highest BCUT2D eigenvalue weighted by atomic mass is 19.4. The zero-order chi connectivity index (χ0) is 15.6. The number of halogens is 3. The van der Waals surface area contributed by atoms with Gasteiger partial charge in [0.15, 0.2) is 5.69 Å². The number of alkyl halides is 3. The van der Waals surface area contributed by atoms with E-state index >= 15 is 0 Å². The van der Waals surface area contributed by atoms with Crippen LogP contribution in [0.2, 0.25) is 0 Å². The standard InChI is InChI=1S/C14H14F3N3O/c1-9(2)13(21)18-10-3-5-11(6-4-10)20-8-7-12(19-20)14(15,16)17/h3-9H,1-2H3,(H,18,21). The summed E-state index contributed by atoms with van der Waals surface area (Å²) in [7, 11) is 0. The highest BCUT2D eigenvalue weighted by Gasteiger charge is 2.33. The third kappa shape index (κ3) is 3.62. The summed E-state index contributed by atoms with van der Waals surface area (Å²) in [6.45, 7) is 3.54. The molecular weight excluding hydrogens is 283 g/mol. The summed E-state index contributed by atoms with van der Waals surface area (Å²) < 4.78 is 38.6. The average Bonchev–Trinajstić information content (AvgIpc) is 2.89. The van der Waals surface area contributed by atoms with Gasteiger partial charge < -0.3 is 5.32 Å². The molecule has 112 valence electrons. The molecule has 2 rings (SSSR count). The van der Waals surface area contributed by atoms with Crippen molar-refractivity contribution in [2.24, 2.45) is 5.92 Å². The Balaban J connectivity index is 2.16. The van der Waals surface area contributed by atoms with Crippen molar-refractivity contribution in [3.05, 3.63) is 42.2 Å². The highest BCUT2D eigenvalue weighted by molar-refractivity contribution is 5.92. The van der Waals surface area contributed by atoms with Crippen molar-refractivity contribution in [3.63, 3.8) is 0 Å². The van der Waals surface area contributed by atoms with Crippen molar-refractivity contribution >= 4 is 11.6 Å². The van der Waals surface area contributed by atoms with Crippen LogP contribution in [-0.2, 0) is 11.0 Å². The van der Waals surface area contributed by atoms with E-state index in [0.29, 0.717) is 11.4 Å². The minimum absolute atomic E-state index is 0.124. The van der Waals surface area contributed by atoms with Gasteiger partial charge in [0.1, 0.15) is 0 Å². The maximum atomic E-state index is 12.5. The summed E-state index contributed by atoms with van der Waals surface area (Å²) in [4.78, 5) is 11.5. The van der Waals surface area contributed by atoms with Gasteiger partial charge in [0.25, 0.3) is 0 Å². The molecule has 0 aliphatic rings. The fraction of sp³-hybridized carbons (Fsp3) is 0.286. The first-order valence-corrected chi connectivity index (χ1v) is 6.31. The van der Waals surface area contributed by atoms with E-state index in [9.17, 15) is 18.0 Å². The van der Waals surface area contributed by atoms with Crippen LogP contribution in [0.25, 0.3) is 5.69 Å². The quantitative estimate of drug-likeness (QED) is 0.942. The Hall–Kier alpha value is -2.31. The molecule has 0 aliphatic heterocycles. The van der Waals surface area contributed by atoms with Crippen LogP contribution in [-0.4, -0.2) is 15.7 Å². The van der Waals surface area contributed by atoms with E-state index in [0.717, 1.165) is 10.7 Å². The normalized spacial score (nSPS) is 11.7. The van der Waals surface area contributed by atoms with Crippen LogP contribution in [0.5, 0.6) is 0 Å². The van der Waals surface area contributed by atoms with Crippen molar-refractivity contribution < 1.29 is 18.0 Å². The fourth-order valence-corrected chi connectivity index (χ4v) is 1.60. The molecule has 0 bridgehead atoms. The molecule has 1 aromatic heterocycles. The molecule has 0 aliphatic carbocycles. The Morgan fingerprint density at radius 2 is 1.81 bits per heavy atom. The number of anilines is 1. The Morgan fingerprint density at radius 1 is 1.19 bits per heavy atom. The highest BCUT2D eigenvalue weighted by Crippen LogP contribution is 2.28. The summed E-state index contributed by atoms with van der Waals surface area (Å²) >= 11 is 0. The molecule has 21 heavy (non-hydrogen) atoms. The number of aromatic nitrogens is 2. The average molecular weight is 297 g/mol. The first kappa shape index (κ1) is 15.1. The SMILES string of the molecule is CC(C)C(=O)Nc1ccc(-n2ccc(C(F)(F)F)n2)cc1. The number of rotatable bonds is 3. The number of carbonyl (C=O) groups is 1. The molecule has 0 fully saturated rings. The van der Waals surface area contributed by atoms with Crippen molar-refractivity contribution in [2.45, 2.75) is 20.0 Å². The topological polar surface area (TPSA) is 46.9 Å². The Morgan fingerprint density at radius 3 is 2.29 bits per heavy atom. The molecule has 0 saturated carbocycles. The van der Waals surface area contributed by atoms with E-state index in [4.69, 9.17) is 0 Å². The lowest BCUT2D eigenvalue weighted by Gasteiger charge is -2.08. The van der Waals surface area contributed by atoms with Crippen LogP contribution < -0.4 is 5.32 Å². The van der Waals surface area contributed by atoms with E-state index in [2.05, 4.69) is 10.4 Å². The van der Waals surface area contributed by atoms with Gasteiger partial charge in [0, 0.05) is 17.8 Å². The molecule has 0 spiro atoms. The molecule has 2 aromatic rings. The second-order valence-corrected chi connectivity index (χ2v) is 4.83. The predicted molar refractivity (Wildman–Crippen MR) is 72.0 cm³/mol. The molecule has 1 heterocycles. The molecule has 1 amide bonds. The van der Waals surface area contributed by atoms with Crippen LogP contribution in [0.3, 0.4) is 0 Å². The lowest BCUT2D eigenvalue weighted by atomic mass is 10.2. The lowest BCUT2D eigenvalue weighted by molar-refractivity contribution is -0.141. The summed E-state index contributed by atoms with van der Waals surface area (Å²) in [6, 6.07) is 7.32. The van der Waals surface area contributed by atoms with Crippen LogP contribution >= 0.6 is 0 Å². The number of nitrogens with one attached hydrogen (secondary N) is 1. The van der Waals surface area contributed by atoms with Crippen molar-refractivity contribution in [1.29, 1.82) is 0 Å². The van der Waals surface area contributed by atoms with E-state index in [1.54, 1.807) is 38.1 Å². The van der Waals surface area contributed by atoms with Gasteiger partial charge in [-0.2, -0.15) is 18.3 Å². The minimum atomic E-state index is -4.46. The van der Waals surface area contributed by atoms with Gasteiger partial charge in [0.2, 0.25) is 5.91 Å². The summed E-state index contributed by atoms with van der Waals surface area (Å²) in [5.74, 6) is -0.272. The monoisotopic (exact) mass is 297 g/mol. The third-order valence-corrected chi connectivity index (χ3v) is 2.80. The van der Waals surface area contributed by atoms with E-state index < -0.39 is 11.9 Å². The van der Waals surface area contributed by atoms with Gasteiger partial charge >= 0.3 is 6.18 Å². The summed E-state index contributed by atoms with van der Waals surface area (Å²) in [5, 5.41) is 6.18. The van der Waals surface area contributed by atoms with Crippen LogP contribution in [0.4, 0.5) is 18.9 Å². The molecule has 1 N–H and O–H groups in total. The first-order chi connectivity index (χ1) is 9.77. The smallest absolute Gasteiger partial charge is 0.326 e. The van der Waals surface area contributed by atoms with Gasteiger partial charge in [-0.3, -0.25) is 4.79 Å². The summed E-state index contributed by atoms with van der Waals surface area (Å²) in [6.07, 6.45) is -3.22. The molecule has 1 aromatic carbocycles. The molecule has 0 unspecified atom stereocenters. The van der Waals surface area contributed by atoms with Gasteiger partial charge in [-0.25, -0.2) is 4.68 Å². The molecule has 0 radical (unpaired) electrons.